The van der Waals surface area contributed by atoms with E-state index in [1.54, 1.807) is 6.08 Å². The average Bonchev–Trinajstić information content (AvgIpc) is 3.19. The first kappa shape index (κ1) is 15.0. The highest BCUT2D eigenvalue weighted by Crippen LogP contribution is 2.35. The van der Waals surface area contributed by atoms with Gasteiger partial charge in [0.1, 0.15) is 0 Å². The molecule has 0 radical (unpaired) electrons. The van der Waals surface area contributed by atoms with Crippen molar-refractivity contribution in [1.82, 2.24) is 4.90 Å². The Morgan fingerprint density at radius 1 is 1.26 bits per heavy atom. The number of hydrogen-bond acceptors (Lipinski definition) is 5. The summed E-state index contributed by atoms with van der Waals surface area (Å²) in [7, 11) is 0. The molecule has 1 aliphatic carbocycles. The van der Waals surface area contributed by atoms with Gasteiger partial charge in [0.25, 0.3) is 0 Å². The van der Waals surface area contributed by atoms with Gasteiger partial charge in [0.2, 0.25) is 6.79 Å². The molecule has 3 atom stereocenters. The minimum atomic E-state index is 0.178. The zero-order valence-corrected chi connectivity index (χ0v) is 13.3. The molecule has 4 rings (SSSR count). The lowest BCUT2D eigenvalue weighted by molar-refractivity contribution is -0.111. The lowest BCUT2D eigenvalue weighted by Crippen LogP contribution is -2.51. The van der Waals surface area contributed by atoms with E-state index in [1.807, 2.05) is 6.07 Å². The molecule has 23 heavy (non-hydrogen) atoms. The van der Waals surface area contributed by atoms with Crippen LogP contribution in [0, 0.1) is 0 Å². The third-order valence-corrected chi connectivity index (χ3v) is 4.90. The van der Waals surface area contributed by atoms with Gasteiger partial charge in [-0.05, 0) is 30.5 Å². The van der Waals surface area contributed by atoms with Gasteiger partial charge in [0, 0.05) is 19.1 Å². The SMILES string of the molecule is C=CCO[C@@H]1CC[C@@H]2[C@@H]1OCCN2Cc1ccc2c(c1)OCO2. The van der Waals surface area contributed by atoms with Crippen LogP contribution in [0.1, 0.15) is 18.4 Å². The second-order valence-corrected chi connectivity index (χ2v) is 6.30. The van der Waals surface area contributed by atoms with Crippen molar-refractivity contribution in [3.63, 3.8) is 0 Å². The third-order valence-electron chi connectivity index (χ3n) is 4.90. The number of morpholine rings is 1. The van der Waals surface area contributed by atoms with E-state index in [-0.39, 0.29) is 12.2 Å². The molecule has 0 aromatic heterocycles. The highest BCUT2D eigenvalue weighted by Gasteiger charge is 2.43. The first-order chi connectivity index (χ1) is 11.3. The normalized spacial score (nSPS) is 29.5. The van der Waals surface area contributed by atoms with Crippen LogP contribution in [0.3, 0.4) is 0 Å². The molecule has 1 saturated heterocycles. The number of nitrogens with zero attached hydrogens (tertiary/aromatic N) is 1. The van der Waals surface area contributed by atoms with Crippen molar-refractivity contribution in [3.05, 3.63) is 36.4 Å². The predicted octanol–water partition coefficient (Wildman–Crippen LogP) is 2.35. The summed E-state index contributed by atoms with van der Waals surface area (Å²) in [5.41, 5.74) is 1.25. The van der Waals surface area contributed by atoms with Crippen LogP contribution in [-0.2, 0) is 16.0 Å². The molecule has 5 heteroatoms. The van der Waals surface area contributed by atoms with Crippen LogP contribution < -0.4 is 9.47 Å². The molecule has 1 aromatic carbocycles. The summed E-state index contributed by atoms with van der Waals surface area (Å²) < 4.78 is 22.7. The summed E-state index contributed by atoms with van der Waals surface area (Å²) in [5.74, 6) is 1.69. The topological polar surface area (TPSA) is 40.2 Å². The zero-order chi connectivity index (χ0) is 15.6. The molecule has 2 aliphatic heterocycles. The average molecular weight is 317 g/mol. The molecule has 0 unspecified atom stereocenters. The molecule has 5 nitrogen and oxygen atoms in total. The fourth-order valence-corrected chi connectivity index (χ4v) is 3.83. The standard InChI is InChI=1S/C18H23NO4/c1-2-8-20-16-6-4-14-18(16)21-9-7-19(14)11-13-3-5-15-17(10-13)23-12-22-15/h2-3,5,10,14,16,18H,1,4,6-9,11-12H2/t14-,16-,18+/m1/s1. The lowest BCUT2D eigenvalue weighted by Gasteiger charge is -2.39. The van der Waals surface area contributed by atoms with E-state index in [0.29, 0.717) is 19.4 Å². The van der Waals surface area contributed by atoms with Crippen LogP contribution in [-0.4, -0.2) is 49.7 Å². The van der Waals surface area contributed by atoms with E-state index in [0.717, 1.165) is 44.0 Å². The molecule has 0 bridgehead atoms. The Morgan fingerprint density at radius 2 is 2.17 bits per heavy atom. The van der Waals surface area contributed by atoms with Crippen LogP contribution in [0.15, 0.2) is 30.9 Å². The molecule has 2 fully saturated rings. The van der Waals surface area contributed by atoms with E-state index < -0.39 is 0 Å². The molecule has 1 saturated carbocycles. The molecule has 0 amide bonds. The molecule has 124 valence electrons. The van der Waals surface area contributed by atoms with Crippen LogP contribution in [0.25, 0.3) is 0 Å². The van der Waals surface area contributed by atoms with Gasteiger partial charge in [-0.1, -0.05) is 12.1 Å². The fourth-order valence-electron chi connectivity index (χ4n) is 3.83. The maximum Gasteiger partial charge on any atom is 0.231 e. The van der Waals surface area contributed by atoms with Gasteiger partial charge in [-0.25, -0.2) is 0 Å². The van der Waals surface area contributed by atoms with E-state index >= 15 is 0 Å². The molecule has 0 spiro atoms. The van der Waals surface area contributed by atoms with Crippen molar-refractivity contribution < 1.29 is 18.9 Å². The van der Waals surface area contributed by atoms with Gasteiger partial charge >= 0.3 is 0 Å². The first-order valence-electron chi connectivity index (χ1n) is 8.32. The summed E-state index contributed by atoms with van der Waals surface area (Å²) >= 11 is 0. The maximum absolute atomic E-state index is 6.01. The van der Waals surface area contributed by atoms with E-state index in [9.17, 15) is 0 Å². The second-order valence-electron chi connectivity index (χ2n) is 6.30. The molecule has 3 aliphatic rings. The smallest absolute Gasteiger partial charge is 0.231 e. The van der Waals surface area contributed by atoms with Crippen molar-refractivity contribution in [3.8, 4) is 11.5 Å². The number of hydrogen-bond donors (Lipinski definition) is 0. The van der Waals surface area contributed by atoms with Crippen molar-refractivity contribution >= 4 is 0 Å². The number of ether oxygens (including phenoxy) is 4. The highest BCUT2D eigenvalue weighted by molar-refractivity contribution is 5.44. The van der Waals surface area contributed by atoms with E-state index in [2.05, 4.69) is 23.6 Å². The van der Waals surface area contributed by atoms with Gasteiger partial charge in [0.05, 0.1) is 25.4 Å². The minimum absolute atomic E-state index is 0.178. The lowest BCUT2D eigenvalue weighted by atomic mass is 10.1. The van der Waals surface area contributed by atoms with Crippen molar-refractivity contribution in [1.29, 1.82) is 0 Å². The first-order valence-corrected chi connectivity index (χ1v) is 8.32. The van der Waals surface area contributed by atoms with Crippen molar-refractivity contribution in [2.75, 3.05) is 26.6 Å². The molecular weight excluding hydrogens is 294 g/mol. The zero-order valence-electron chi connectivity index (χ0n) is 13.3. The maximum atomic E-state index is 6.01. The fraction of sp³-hybridized carbons (Fsp3) is 0.556. The molecule has 2 heterocycles. The van der Waals surface area contributed by atoms with Gasteiger partial charge in [-0.2, -0.15) is 0 Å². The Labute approximate surface area is 136 Å². The molecular formula is C18H23NO4. The number of benzene rings is 1. The molecule has 0 N–H and O–H groups in total. The van der Waals surface area contributed by atoms with Gasteiger partial charge in [-0.15, -0.1) is 6.58 Å². The van der Waals surface area contributed by atoms with Crippen molar-refractivity contribution in [2.45, 2.75) is 37.6 Å². The quantitative estimate of drug-likeness (QED) is 0.780. The summed E-state index contributed by atoms with van der Waals surface area (Å²) in [6.45, 7) is 7.28. The van der Waals surface area contributed by atoms with E-state index in [1.165, 1.54) is 5.56 Å². The summed E-state index contributed by atoms with van der Waals surface area (Å²) in [4.78, 5) is 2.52. The van der Waals surface area contributed by atoms with Gasteiger partial charge in [0.15, 0.2) is 11.5 Å². The third kappa shape index (κ3) is 2.96. The Morgan fingerprint density at radius 3 is 3.09 bits per heavy atom. The van der Waals surface area contributed by atoms with Crippen LogP contribution in [0.4, 0.5) is 0 Å². The summed E-state index contributed by atoms with van der Waals surface area (Å²) in [5, 5.41) is 0. The Kier molecular flexibility index (Phi) is 4.25. The molecule has 1 aromatic rings. The largest absolute Gasteiger partial charge is 0.454 e. The van der Waals surface area contributed by atoms with Crippen molar-refractivity contribution in [2.24, 2.45) is 0 Å². The minimum Gasteiger partial charge on any atom is -0.454 e. The second kappa shape index (κ2) is 6.51. The Balaban J connectivity index is 1.44. The van der Waals surface area contributed by atoms with Gasteiger partial charge < -0.3 is 18.9 Å². The number of rotatable bonds is 5. The van der Waals surface area contributed by atoms with Crippen LogP contribution in [0.2, 0.25) is 0 Å². The number of fused-ring (bicyclic) bond motifs is 2. The monoisotopic (exact) mass is 317 g/mol. The van der Waals surface area contributed by atoms with Crippen LogP contribution in [0.5, 0.6) is 11.5 Å². The summed E-state index contributed by atoms with van der Waals surface area (Å²) in [6.07, 6.45) is 4.36. The van der Waals surface area contributed by atoms with Crippen LogP contribution >= 0.6 is 0 Å². The Hall–Kier alpha value is -1.56. The highest BCUT2D eigenvalue weighted by atomic mass is 16.7. The van der Waals surface area contributed by atoms with E-state index in [4.69, 9.17) is 18.9 Å². The summed E-state index contributed by atoms with van der Waals surface area (Å²) in [6, 6.07) is 6.65. The Bertz CT molecular complexity index is 576. The predicted molar refractivity (Wildman–Crippen MR) is 85.7 cm³/mol. The van der Waals surface area contributed by atoms with Gasteiger partial charge in [-0.3, -0.25) is 4.90 Å².